The predicted octanol–water partition coefficient (Wildman–Crippen LogP) is 5.45. The molecule has 1 heterocycles. The normalized spacial score (nSPS) is 12.3. The van der Waals surface area contributed by atoms with E-state index < -0.39 is 22.8 Å². The molecule has 6 nitrogen and oxygen atoms in total. The van der Waals surface area contributed by atoms with Crippen molar-refractivity contribution in [3.8, 4) is 11.5 Å². The summed E-state index contributed by atoms with van der Waals surface area (Å²) >= 11 is 3.60. The molecule has 0 radical (unpaired) electrons. The zero-order valence-corrected chi connectivity index (χ0v) is 18.5. The van der Waals surface area contributed by atoms with Crippen LogP contribution >= 0.6 is 11.6 Å². The SMILES string of the molecule is CC(C)(C)c1ccc(C(=O)Nc2cncc(S(=O)[O-])c2)c(Oc2ccc(F)cc2Cl)c1. The largest absolute Gasteiger partial charge is 0.768 e. The zero-order valence-electron chi connectivity index (χ0n) is 16.9. The summed E-state index contributed by atoms with van der Waals surface area (Å²) in [4.78, 5) is 16.7. The Hall–Kier alpha value is -2.81. The number of anilines is 1. The Bertz CT molecular complexity index is 1160. The lowest BCUT2D eigenvalue weighted by atomic mass is 9.86. The van der Waals surface area contributed by atoms with Crippen LogP contribution in [0.25, 0.3) is 0 Å². The van der Waals surface area contributed by atoms with Crippen LogP contribution in [-0.4, -0.2) is 19.7 Å². The molecule has 162 valence electrons. The molecule has 1 aromatic heterocycles. The maximum absolute atomic E-state index is 13.4. The summed E-state index contributed by atoms with van der Waals surface area (Å²) in [6.07, 6.45) is 2.50. The van der Waals surface area contributed by atoms with E-state index in [1.54, 1.807) is 18.2 Å². The van der Waals surface area contributed by atoms with E-state index in [9.17, 15) is 17.9 Å². The monoisotopic (exact) mass is 461 g/mol. The van der Waals surface area contributed by atoms with Crippen LogP contribution in [0.3, 0.4) is 0 Å². The van der Waals surface area contributed by atoms with E-state index in [1.165, 1.54) is 30.6 Å². The van der Waals surface area contributed by atoms with Gasteiger partial charge in [-0.25, -0.2) is 4.39 Å². The number of carbonyl (C=O) groups is 1. The Morgan fingerprint density at radius 1 is 1.13 bits per heavy atom. The van der Waals surface area contributed by atoms with Crippen molar-refractivity contribution in [2.45, 2.75) is 31.1 Å². The van der Waals surface area contributed by atoms with Gasteiger partial charge in [0.15, 0.2) is 0 Å². The molecule has 0 spiro atoms. The Morgan fingerprint density at radius 2 is 1.87 bits per heavy atom. The Balaban J connectivity index is 1.99. The summed E-state index contributed by atoms with van der Waals surface area (Å²) in [5.74, 6) is -0.644. The van der Waals surface area contributed by atoms with Gasteiger partial charge in [0, 0.05) is 11.1 Å². The third-order valence-electron chi connectivity index (χ3n) is 4.37. The van der Waals surface area contributed by atoms with Gasteiger partial charge >= 0.3 is 0 Å². The first-order valence-electron chi connectivity index (χ1n) is 9.17. The Kier molecular flexibility index (Phi) is 6.74. The molecule has 0 fully saturated rings. The molecule has 0 aliphatic heterocycles. The molecule has 1 atom stereocenters. The minimum atomic E-state index is -2.48. The first kappa shape index (κ1) is 22.9. The van der Waals surface area contributed by atoms with Crippen molar-refractivity contribution >= 4 is 34.3 Å². The molecule has 3 rings (SSSR count). The van der Waals surface area contributed by atoms with Crippen molar-refractivity contribution in [3.05, 3.63) is 76.8 Å². The number of carbonyl (C=O) groups excluding carboxylic acids is 1. The van der Waals surface area contributed by atoms with E-state index in [1.807, 2.05) is 20.8 Å². The number of amides is 1. The highest BCUT2D eigenvalue weighted by Crippen LogP contribution is 2.35. The van der Waals surface area contributed by atoms with Gasteiger partial charge in [-0.2, -0.15) is 0 Å². The summed E-state index contributed by atoms with van der Waals surface area (Å²) in [7, 11) is 0. The van der Waals surface area contributed by atoms with Crippen LogP contribution in [0.15, 0.2) is 59.8 Å². The molecule has 0 aliphatic rings. The average Bonchev–Trinajstić information content (AvgIpc) is 2.69. The van der Waals surface area contributed by atoms with Gasteiger partial charge in [-0.15, -0.1) is 0 Å². The predicted molar refractivity (Wildman–Crippen MR) is 116 cm³/mol. The first-order chi connectivity index (χ1) is 14.5. The van der Waals surface area contributed by atoms with Gasteiger partial charge < -0.3 is 14.6 Å². The maximum Gasteiger partial charge on any atom is 0.259 e. The van der Waals surface area contributed by atoms with E-state index in [0.717, 1.165) is 11.6 Å². The average molecular weight is 462 g/mol. The van der Waals surface area contributed by atoms with Gasteiger partial charge in [-0.05, 0) is 58.5 Å². The highest BCUT2D eigenvalue weighted by molar-refractivity contribution is 7.79. The number of nitrogens with zero attached hydrogens (tertiary/aromatic N) is 1. The molecular formula is C22H19ClFN2O4S-. The van der Waals surface area contributed by atoms with Crippen LogP contribution in [0, 0.1) is 5.82 Å². The van der Waals surface area contributed by atoms with Gasteiger partial charge in [0.25, 0.3) is 5.91 Å². The van der Waals surface area contributed by atoms with Crippen molar-refractivity contribution < 1.29 is 22.7 Å². The number of benzene rings is 2. The summed E-state index contributed by atoms with van der Waals surface area (Å²) in [5, 5.41) is 2.67. The number of halogens is 2. The van der Waals surface area contributed by atoms with Gasteiger partial charge in [0.05, 0.1) is 22.5 Å². The summed E-state index contributed by atoms with van der Waals surface area (Å²) in [6, 6.07) is 10.1. The fourth-order valence-electron chi connectivity index (χ4n) is 2.71. The number of hydrogen-bond donors (Lipinski definition) is 1. The molecule has 0 saturated carbocycles. The van der Waals surface area contributed by atoms with Crippen LogP contribution in [0.2, 0.25) is 5.02 Å². The van der Waals surface area contributed by atoms with Crippen LogP contribution in [0.5, 0.6) is 11.5 Å². The summed E-state index contributed by atoms with van der Waals surface area (Å²) < 4.78 is 41.6. The molecule has 1 N–H and O–H groups in total. The minimum Gasteiger partial charge on any atom is -0.768 e. The van der Waals surface area contributed by atoms with Crippen LogP contribution in [0.1, 0.15) is 36.7 Å². The Labute approximate surface area is 186 Å². The molecule has 0 bridgehead atoms. The van der Waals surface area contributed by atoms with E-state index in [2.05, 4.69) is 10.3 Å². The van der Waals surface area contributed by atoms with Crippen LogP contribution < -0.4 is 10.1 Å². The lowest BCUT2D eigenvalue weighted by Gasteiger charge is -2.21. The number of ether oxygens (including phenoxy) is 1. The molecule has 1 unspecified atom stereocenters. The number of nitrogens with one attached hydrogen (secondary N) is 1. The second-order valence-electron chi connectivity index (χ2n) is 7.74. The van der Waals surface area contributed by atoms with Crippen LogP contribution in [0.4, 0.5) is 10.1 Å². The van der Waals surface area contributed by atoms with E-state index >= 15 is 0 Å². The number of aromatic nitrogens is 1. The van der Waals surface area contributed by atoms with Crippen LogP contribution in [-0.2, 0) is 16.5 Å². The molecule has 0 saturated heterocycles. The molecule has 0 aliphatic carbocycles. The quantitative estimate of drug-likeness (QED) is 0.510. The van der Waals surface area contributed by atoms with Crippen molar-refractivity contribution in [2.24, 2.45) is 0 Å². The standard InChI is InChI=1S/C22H20ClFN2O4S/c1-22(2,3)13-4-6-17(20(8-13)30-19-7-5-14(24)9-18(19)23)21(27)26-15-10-16(31(28)29)12-25-11-15/h4-12H,1-3H3,(H,26,27)(H,28,29)/p-1. The lowest BCUT2D eigenvalue weighted by molar-refractivity contribution is 0.102. The fraction of sp³-hybridized carbons (Fsp3) is 0.182. The first-order valence-corrected chi connectivity index (χ1v) is 10.6. The smallest absolute Gasteiger partial charge is 0.259 e. The zero-order chi connectivity index (χ0) is 22.8. The molecule has 3 aromatic rings. The molecule has 9 heteroatoms. The topological polar surface area (TPSA) is 91.4 Å². The number of hydrogen-bond acceptors (Lipinski definition) is 5. The highest BCUT2D eigenvalue weighted by Gasteiger charge is 2.21. The van der Waals surface area contributed by atoms with Crippen molar-refractivity contribution in [1.82, 2.24) is 4.98 Å². The molecule has 31 heavy (non-hydrogen) atoms. The van der Waals surface area contributed by atoms with Gasteiger partial charge in [-0.1, -0.05) is 38.4 Å². The minimum absolute atomic E-state index is 0.0577. The van der Waals surface area contributed by atoms with E-state index in [4.69, 9.17) is 16.3 Å². The van der Waals surface area contributed by atoms with Crippen molar-refractivity contribution in [1.29, 1.82) is 0 Å². The summed E-state index contributed by atoms with van der Waals surface area (Å²) in [6.45, 7) is 6.03. The van der Waals surface area contributed by atoms with Crippen molar-refractivity contribution in [3.63, 3.8) is 0 Å². The maximum atomic E-state index is 13.4. The summed E-state index contributed by atoms with van der Waals surface area (Å²) in [5.41, 5.74) is 1.07. The highest BCUT2D eigenvalue weighted by atomic mass is 35.5. The fourth-order valence-corrected chi connectivity index (χ4v) is 3.29. The third-order valence-corrected chi connectivity index (χ3v) is 5.27. The molecular weight excluding hydrogens is 443 g/mol. The third kappa shape index (κ3) is 5.66. The lowest BCUT2D eigenvalue weighted by Crippen LogP contribution is -2.16. The van der Waals surface area contributed by atoms with E-state index in [0.29, 0.717) is 0 Å². The van der Waals surface area contributed by atoms with E-state index in [-0.39, 0.29) is 38.1 Å². The Morgan fingerprint density at radius 3 is 2.52 bits per heavy atom. The van der Waals surface area contributed by atoms with Gasteiger partial charge in [0.2, 0.25) is 0 Å². The second kappa shape index (κ2) is 9.13. The molecule has 1 amide bonds. The number of pyridine rings is 1. The second-order valence-corrected chi connectivity index (χ2v) is 9.08. The van der Waals surface area contributed by atoms with Gasteiger partial charge in [0.1, 0.15) is 17.3 Å². The number of rotatable bonds is 5. The van der Waals surface area contributed by atoms with Gasteiger partial charge in [-0.3, -0.25) is 14.0 Å². The molecule has 2 aromatic carbocycles. The van der Waals surface area contributed by atoms with Crippen molar-refractivity contribution in [2.75, 3.05) is 5.32 Å².